The van der Waals surface area contributed by atoms with Crippen LogP contribution in [0.3, 0.4) is 0 Å². The molecule has 0 bridgehead atoms. The third-order valence-electron chi connectivity index (χ3n) is 3.18. The fraction of sp³-hybridized carbons (Fsp3) is 0.500. The van der Waals surface area contributed by atoms with E-state index in [4.69, 9.17) is 13.6 Å². The van der Waals surface area contributed by atoms with E-state index < -0.39 is 9.28 Å². The molecule has 1 aromatic rings. The molecule has 128 valence electrons. The molecule has 1 aromatic carbocycles. The summed E-state index contributed by atoms with van der Waals surface area (Å²) >= 11 is 0. The van der Waals surface area contributed by atoms with Gasteiger partial charge >= 0.3 is 15.3 Å². The molecule has 4 nitrogen and oxygen atoms in total. The average molecular weight is 337 g/mol. The van der Waals surface area contributed by atoms with Crippen molar-refractivity contribution in [2.45, 2.75) is 39.5 Å². The van der Waals surface area contributed by atoms with Crippen molar-refractivity contribution >= 4 is 20.4 Å². The number of carbonyl (C=O) groups is 1. The lowest BCUT2D eigenvalue weighted by Crippen LogP contribution is -2.37. The van der Waals surface area contributed by atoms with Gasteiger partial charge in [0.15, 0.2) is 0 Å². The van der Waals surface area contributed by atoms with Crippen LogP contribution in [0.1, 0.15) is 39.5 Å². The van der Waals surface area contributed by atoms with Gasteiger partial charge in [-0.15, -0.1) is 0 Å². The number of unbranched alkanes of at least 4 members (excludes halogenated alkanes) is 2. The Morgan fingerprint density at radius 1 is 1.04 bits per heavy atom. The highest BCUT2D eigenvalue weighted by molar-refractivity contribution is 6.61. The van der Waals surface area contributed by atoms with Crippen LogP contribution in [0.25, 0.3) is 0 Å². The van der Waals surface area contributed by atoms with Gasteiger partial charge in [-0.05, 0) is 37.8 Å². The topological polar surface area (TPSA) is 44.8 Å². The third kappa shape index (κ3) is 8.69. The summed E-state index contributed by atoms with van der Waals surface area (Å²) < 4.78 is 16.9. The monoisotopic (exact) mass is 336 g/mol. The van der Waals surface area contributed by atoms with Crippen LogP contribution in [0, 0.1) is 0 Å². The van der Waals surface area contributed by atoms with E-state index in [1.54, 1.807) is 6.92 Å². The predicted octanol–water partition coefficient (Wildman–Crippen LogP) is 2.85. The lowest BCUT2D eigenvalue weighted by Gasteiger charge is -2.16. The van der Waals surface area contributed by atoms with Gasteiger partial charge in [-0.25, -0.2) is 4.79 Å². The maximum atomic E-state index is 11.2. The van der Waals surface area contributed by atoms with Crippen molar-refractivity contribution in [2.24, 2.45) is 0 Å². The summed E-state index contributed by atoms with van der Waals surface area (Å²) in [5, 5.41) is 1.18. The van der Waals surface area contributed by atoms with Crippen LogP contribution >= 0.6 is 0 Å². The van der Waals surface area contributed by atoms with Gasteiger partial charge in [0.1, 0.15) is 0 Å². The summed E-state index contributed by atoms with van der Waals surface area (Å²) in [6, 6.07) is 10.2. The molecule has 23 heavy (non-hydrogen) atoms. The first kappa shape index (κ1) is 19.6. The molecule has 5 heteroatoms. The Labute approximate surface area is 141 Å². The minimum absolute atomic E-state index is 0.314. The molecular weight excluding hydrogens is 308 g/mol. The first-order valence-electron chi connectivity index (χ1n) is 8.26. The summed E-state index contributed by atoms with van der Waals surface area (Å²) in [5.41, 5.74) is 0.443. The van der Waals surface area contributed by atoms with Crippen LogP contribution in [0.5, 0.6) is 0 Å². The Balaban J connectivity index is 2.20. The van der Waals surface area contributed by atoms with E-state index in [0.717, 1.165) is 32.3 Å². The number of benzene rings is 1. The van der Waals surface area contributed by atoms with E-state index in [1.807, 2.05) is 18.2 Å². The number of ether oxygens (including phenoxy) is 1. The lowest BCUT2D eigenvalue weighted by molar-refractivity contribution is -0.139. The highest BCUT2D eigenvalue weighted by Gasteiger charge is 2.15. The van der Waals surface area contributed by atoms with Crippen LogP contribution in [0.4, 0.5) is 0 Å². The van der Waals surface area contributed by atoms with Gasteiger partial charge in [0, 0.05) is 18.8 Å². The van der Waals surface area contributed by atoms with Gasteiger partial charge in [0.2, 0.25) is 0 Å². The number of hydrogen-bond donors (Lipinski definition) is 0. The molecule has 0 aromatic heterocycles. The van der Waals surface area contributed by atoms with Crippen LogP contribution in [-0.4, -0.2) is 35.1 Å². The number of carbonyl (C=O) groups excluding carboxylic acids is 1. The molecule has 0 radical (unpaired) electrons. The lowest BCUT2D eigenvalue weighted by atomic mass is 10.2. The molecule has 0 saturated carbocycles. The Kier molecular flexibility index (Phi) is 10.3. The molecule has 0 fully saturated rings. The van der Waals surface area contributed by atoms with E-state index in [0.29, 0.717) is 18.8 Å². The number of hydrogen-bond acceptors (Lipinski definition) is 4. The summed E-state index contributed by atoms with van der Waals surface area (Å²) in [7, 11) is -1.80. The van der Waals surface area contributed by atoms with E-state index in [2.05, 4.69) is 25.6 Å². The Hall–Kier alpha value is -1.43. The first-order chi connectivity index (χ1) is 11.1. The quantitative estimate of drug-likeness (QED) is 0.255. The van der Waals surface area contributed by atoms with Gasteiger partial charge in [-0.3, -0.25) is 0 Å². The molecular formula is C18H28O4Si. The van der Waals surface area contributed by atoms with Gasteiger partial charge < -0.3 is 13.6 Å². The van der Waals surface area contributed by atoms with E-state index in [9.17, 15) is 4.79 Å². The molecule has 1 rings (SSSR count). The molecule has 0 amide bonds. The summed E-state index contributed by atoms with van der Waals surface area (Å²) in [5.74, 6) is -0.314. The van der Waals surface area contributed by atoms with Crippen LogP contribution < -0.4 is 5.19 Å². The smallest absolute Gasteiger partial charge is 0.355 e. The van der Waals surface area contributed by atoms with E-state index >= 15 is 0 Å². The molecule has 0 N–H and O–H groups in total. The van der Waals surface area contributed by atoms with Crippen molar-refractivity contribution in [3.63, 3.8) is 0 Å². The number of rotatable bonds is 12. The minimum Gasteiger partial charge on any atom is -0.462 e. The summed E-state index contributed by atoms with van der Waals surface area (Å²) in [4.78, 5) is 11.2. The van der Waals surface area contributed by atoms with Crippen molar-refractivity contribution in [3.05, 3.63) is 42.5 Å². The van der Waals surface area contributed by atoms with Crippen LogP contribution in [0.15, 0.2) is 42.5 Å². The van der Waals surface area contributed by atoms with Gasteiger partial charge in [0.05, 0.1) is 6.61 Å². The normalized spacial score (nSPS) is 11.9. The van der Waals surface area contributed by atoms with Crippen LogP contribution in [0.2, 0.25) is 0 Å². The molecule has 0 saturated heterocycles. The fourth-order valence-corrected chi connectivity index (χ4v) is 3.78. The maximum Gasteiger partial charge on any atom is 0.355 e. The van der Waals surface area contributed by atoms with E-state index in [-0.39, 0.29) is 5.97 Å². The zero-order valence-electron chi connectivity index (χ0n) is 14.3. The number of esters is 1. The van der Waals surface area contributed by atoms with Crippen molar-refractivity contribution in [1.82, 2.24) is 0 Å². The van der Waals surface area contributed by atoms with Crippen molar-refractivity contribution in [2.75, 3.05) is 19.8 Å². The zero-order chi connectivity index (χ0) is 16.9. The largest absolute Gasteiger partial charge is 0.462 e. The van der Waals surface area contributed by atoms with Gasteiger partial charge in [-0.1, -0.05) is 43.8 Å². The fourth-order valence-electron chi connectivity index (χ4n) is 1.93. The molecule has 0 aliphatic carbocycles. The standard InChI is InChI=1S/C18H28O4Si/c1-4-13-21-23(17-11-7-5-8-12-17)22-15-10-6-9-14-20-18(19)16(2)3/h5,7-8,11-12,23H,2,4,6,9-10,13-15H2,1,3H3. The van der Waals surface area contributed by atoms with Gasteiger partial charge in [0.25, 0.3) is 0 Å². The second-order valence-electron chi connectivity index (χ2n) is 5.46. The predicted molar refractivity (Wildman–Crippen MR) is 95.0 cm³/mol. The van der Waals surface area contributed by atoms with Gasteiger partial charge in [-0.2, -0.15) is 0 Å². The summed E-state index contributed by atoms with van der Waals surface area (Å²) in [6.45, 7) is 9.17. The molecule has 0 aliphatic heterocycles. The second-order valence-corrected chi connectivity index (χ2v) is 7.46. The zero-order valence-corrected chi connectivity index (χ0v) is 15.4. The third-order valence-corrected chi connectivity index (χ3v) is 5.19. The van der Waals surface area contributed by atoms with Crippen molar-refractivity contribution < 1.29 is 18.4 Å². The second kappa shape index (κ2) is 12.0. The molecule has 0 heterocycles. The molecule has 0 spiro atoms. The molecule has 0 aliphatic rings. The minimum atomic E-state index is -1.80. The van der Waals surface area contributed by atoms with E-state index in [1.165, 1.54) is 5.19 Å². The highest BCUT2D eigenvalue weighted by Crippen LogP contribution is 2.02. The summed E-state index contributed by atoms with van der Waals surface area (Å²) in [6.07, 6.45) is 3.74. The molecule has 1 atom stereocenters. The van der Waals surface area contributed by atoms with Crippen LogP contribution in [-0.2, 0) is 18.4 Å². The first-order valence-corrected chi connectivity index (χ1v) is 9.78. The SMILES string of the molecule is C=C(C)C(=O)OCCCCCO[SiH](OCCC)c1ccccc1. The Bertz CT molecular complexity index is 461. The Morgan fingerprint density at radius 3 is 2.35 bits per heavy atom. The van der Waals surface area contributed by atoms with Crippen molar-refractivity contribution in [1.29, 1.82) is 0 Å². The van der Waals surface area contributed by atoms with Crippen molar-refractivity contribution in [3.8, 4) is 0 Å². The highest BCUT2D eigenvalue weighted by atomic mass is 28.3. The average Bonchev–Trinajstić information content (AvgIpc) is 2.57. The maximum absolute atomic E-state index is 11.2. The molecule has 1 unspecified atom stereocenters. The Morgan fingerprint density at radius 2 is 1.70 bits per heavy atom.